The summed E-state index contributed by atoms with van der Waals surface area (Å²) in [6.07, 6.45) is 3.64. The molecule has 1 heterocycles. The molecule has 0 saturated heterocycles. The largest absolute Gasteiger partial charge is 0.312 e. The summed E-state index contributed by atoms with van der Waals surface area (Å²) in [5, 5.41) is 3.27. The molecule has 0 radical (unpaired) electrons. The zero-order valence-corrected chi connectivity index (χ0v) is 16.3. The van der Waals surface area contributed by atoms with Gasteiger partial charge in [0.25, 0.3) is 0 Å². The van der Waals surface area contributed by atoms with E-state index < -0.39 is 15.3 Å². The number of nitrogens with one attached hydrogen (secondary N) is 1. The highest BCUT2D eigenvalue weighted by Gasteiger charge is 2.44. The Bertz CT molecular complexity index is 771. The molecular weight excluding hydrogens is 344 g/mol. The van der Waals surface area contributed by atoms with Crippen LogP contribution in [0.15, 0.2) is 47.0 Å². The fourth-order valence-electron chi connectivity index (χ4n) is 3.32. The average Bonchev–Trinajstić information content (AvgIpc) is 2.65. The van der Waals surface area contributed by atoms with Crippen molar-refractivity contribution in [1.82, 2.24) is 5.32 Å². The third-order valence-electron chi connectivity index (χ3n) is 4.54. The van der Waals surface area contributed by atoms with Crippen LogP contribution >= 0.6 is 11.6 Å². The van der Waals surface area contributed by atoms with Gasteiger partial charge in [-0.2, -0.15) is 0 Å². The van der Waals surface area contributed by atoms with Gasteiger partial charge < -0.3 is 5.32 Å². The lowest BCUT2D eigenvalue weighted by Crippen LogP contribution is -2.40. The maximum absolute atomic E-state index is 13.0. The van der Waals surface area contributed by atoms with E-state index in [-0.39, 0.29) is 12.0 Å². The van der Waals surface area contributed by atoms with E-state index in [1.807, 2.05) is 58.2 Å². The van der Waals surface area contributed by atoms with Gasteiger partial charge in [0, 0.05) is 24.0 Å². The van der Waals surface area contributed by atoms with E-state index in [0.717, 1.165) is 11.1 Å². The number of rotatable bonds is 1. The molecule has 3 atom stereocenters. The third kappa shape index (κ3) is 3.01. The molecule has 1 aliphatic carbocycles. The molecule has 0 fully saturated rings. The molecule has 3 rings (SSSR count). The maximum Gasteiger partial charge on any atom is 0.242 e. The number of anilines is 1. The summed E-state index contributed by atoms with van der Waals surface area (Å²) < 4.78 is 27.4. The topological polar surface area (TPSA) is 49.4 Å². The third-order valence-corrected chi connectivity index (χ3v) is 7.06. The van der Waals surface area contributed by atoms with Crippen LogP contribution in [0.1, 0.15) is 32.4 Å². The van der Waals surface area contributed by atoms with Gasteiger partial charge in [-0.05, 0) is 31.2 Å². The second kappa shape index (κ2) is 7.30. The Morgan fingerprint density at radius 3 is 2.42 bits per heavy atom. The van der Waals surface area contributed by atoms with Gasteiger partial charge in [-0.25, -0.2) is 8.42 Å². The monoisotopic (exact) mass is 368 g/mol. The van der Waals surface area contributed by atoms with Crippen molar-refractivity contribution >= 4 is 27.3 Å². The number of halogens is 1. The van der Waals surface area contributed by atoms with Crippen LogP contribution in [0.25, 0.3) is 0 Å². The fraction of sp³-hybridized carbons (Fsp3) is 0.444. The Balaban J connectivity index is 0.00000100. The summed E-state index contributed by atoms with van der Waals surface area (Å²) in [7, 11) is -0.0298. The molecule has 3 unspecified atom stereocenters. The first-order valence-corrected chi connectivity index (χ1v) is 10.1. The van der Waals surface area contributed by atoms with Gasteiger partial charge in [0.05, 0.1) is 5.69 Å². The molecule has 6 heteroatoms. The van der Waals surface area contributed by atoms with Crippen LogP contribution in [-0.2, 0) is 10.0 Å². The number of para-hydroxylation sites is 1. The molecule has 0 spiro atoms. The van der Waals surface area contributed by atoms with Gasteiger partial charge in [0.2, 0.25) is 10.0 Å². The van der Waals surface area contributed by atoms with Crippen molar-refractivity contribution in [2.24, 2.45) is 5.92 Å². The van der Waals surface area contributed by atoms with Gasteiger partial charge in [-0.15, -0.1) is 0 Å². The van der Waals surface area contributed by atoms with E-state index >= 15 is 0 Å². The van der Waals surface area contributed by atoms with E-state index in [1.54, 1.807) is 13.1 Å². The molecule has 0 bridgehead atoms. The molecule has 1 aromatic rings. The number of benzene rings is 1. The van der Waals surface area contributed by atoms with Crippen molar-refractivity contribution in [3.05, 3.63) is 52.6 Å². The predicted octanol–water partition coefficient (Wildman–Crippen LogP) is 3.82. The maximum atomic E-state index is 13.0. The van der Waals surface area contributed by atoms with Crippen molar-refractivity contribution in [2.45, 2.75) is 32.1 Å². The van der Waals surface area contributed by atoms with Gasteiger partial charge in [0.1, 0.15) is 5.25 Å². The fourth-order valence-corrected chi connectivity index (χ4v) is 5.34. The zero-order valence-electron chi connectivity index (χ0n) is 14.7. The summed E-state index contributed by atoms with van der Waals surface area (Å²) in [6, 6.07) is 7.49. The number of nitrogens with zero attached hydrogens (tertiary/aromatic N) is 1. The first-order chi connectivity index (χ1) is 11.4. The Morgan fingerprint density at radius 1 is 1.17 bits per heavy atom. The molecule has 1 N–H and O–H groups in total. The highest BCUT2D eigenvalue weighted by Crippen LogP contribution is 2.44. The van der Waals surface area contributed by atoms with Gasteiger partial charge >= 0.3 is 0 Å². The Hall–Kier alpha value is -1.30. The minimum Gasteiger partial charge on any atom is -0.312 e. The summed E-state index contributed by atoms with van der Waals surface area (Å²) in [4.78, 5) is 0. The molecular formula is C18H25ClN2O2S. The Morgan fingerprint density at radius 2 is 1.79 bits per heavy atom. The average molecular weight is 369 g/mol. The van der Waals surface area contributed by atoms with Crippen LogP contribution in [0.2, 0.25) is 0 Å². The molecule has 0 saturated carbocycles. The van der Waals surface area contributed by atoms with Crippen LogP contribution in [0.4, 0.5) is 5.69 Å². The molecule has 2 aliphatic rings. The van der Waals surface area contributed by atoms with Crippen LogP contribution in [0, 0.1) is 5.92 Å². The molecule has 24 heavy (non-hydrogen) atoms. The van der Waals surface area contributed by atoms with E-state index in [2.05, 4.69) is 5.32 Å². The second-order valence-corrected chi connectivity index (χ2v) is 8.27. The summed E-state index contributed by atoms with van der Waals surface area (Å²) in [6.45, 7) is 5.84. The lowest BCUT2D eigenvalue weighted by molar-refractivity contribution is 0.449. The minimum absolute atomic E-state index is 0.112. The van der Waals surface area contributed by atoms with E-state index in [9.17, 15) is 8.42 Å². The van der Waals surface area contributed by atoms with Crippen molar-refractivity contribution in [3.63, 3.8) is 0 Å². The standard InChI is InChI=1S/C16H19ClN2O2S.C2H6/c1-10-8-15-12(9-13(10)17)16(18-2)11-6-4-5-7-14(11)19(3)22(15,20)21;1-2/h4-9,12,15-16,18H,1-3H3;1-2H3. The molecule has 132 valence electrons. The Kier molecular flexibility index (Phi) is 5.78. The van der Waals surface area contributed by atoms with Gasteiger partial charge in [-0.1, -0.05) is 55.8 Å². The first-order valence-electron chi connectivity index (χ1n) is 8.18. The number of hydrogen-bond acceptors (Lipinski definition) is 3. The number of allylic oxidation sites excluding steroid dienone is 2. The molecule has 1 aliphatic heterocycles. The summed E-state index contributed by atoms with van der Waals surface area (Å²) in [5.74, 6) is -0.239. The van der Waals surface area contributed by atoms with E-state index in [1.165, 1.54) is 4.31 Å². The van der Waals surface area contributed by atoms with Crippen molar-refractivity contribution in [3.8, 4) is 0 Å². The lowest BCUT2D eigenvalue weighted by atomic mass is 9.85. The molecule has 0 amide bonds. The molecule has 1 aromatic carbocycles. The van der Waals surface area contributed by atoms with Crippen LogP contribution in [-0.4, -0.2) is 27.8 Å². The summed E-state index contributed by atoms with van der Waals surface area (Å²) >= 11 is 6.28. The van der Waals surface area contributed by atoms with Crippen molar-refractivity contribution < 1.29 is 8.42 Å². The first kappa shape index (κ1) is 19.0. The zero-order chi connectivity index (χ0) is 18.1. The van der Waals surface area contributed by atoms with Crippen molar-refractivity contribution in [1.29, 1.82) is 0 Å². The highest BCUT2D eigenvalue weighted by atomic mass is 35.5. The summed E-state index contributed by atoms with van der Waals surface area (Å²) in [5.41, 5.74) is 2.49. The van der Waals surface area contributed by atoms with E-state index in [4.69, 9.17) is 11.6 Å². The van der Waals surface area contributed by atoms with Crippen LogP contribution in [0.3, 0.4) is 0 Å². The number of hydrogen-bond donors (Lipinski definition) is 1. The van der Waals surface area contributed by atoms with Crippen LogP contribution < -0.4 is 9.62 Å². The van der Waals surface area contributed by atoms with Gasteiger partial charge in [-0.3, -0.25) is 4.31 Å². The van der Waals surface area contributed by atoms with Crippen LogP contribution in [0.5, 0.6) is 0 Å². The predicted molar refractivity (Wildman–Crippen MR) is 102 cm³/mol. The highest BCUT2D eigenvalue weighted by molar-refractivity contribution is 7.93. The second-order valence-electron chi connectivity index (χ2n) is 5.74. The Labute approximate surface area is 150 Å². The van der Waals surface area contributed by atoms with Crippen molar-refractivity contribution in [2.75, 3.05) is 18.4 Å². The smallest absolute Gasteiger partial charge is 0.242 e. The number of fused-ring (bicyclic) bond motifs is 2. The quantitative estimate of drug-likeness (QED) is 0.819. The molecule has 4 nitrogen and oxygen atoms in total. The lowest BCUT2D eigenvalue weighted by Gasteiger charge is -2.31. The SMILES string of the molecule is CC.CNC1c2ccccc2N(C)S(=O)(=O)C2C=C(C)C(Cl)=CC12. The minimum atomic E-state index is -3.50. The number of sulfonamides is 1. The van der Waals surface area contributed by atoms with Gasteiger partial charge in [0.15, 0.2) is 0 Å². The van der Waals surface area contributed by atoms with E-state index in [0.29, 0.717) is 10.7 Å². The molecule has 0 aromatic heterocycles. The normalized spacial score (nSPS) is 27.6.